The van der Waals surface area contributed by atoms with Crippen molar-refractivity contribution in [3.63, 3.8) is 0 Å². The van der Waals surface area contributed by atoms with Gasteiger partial charge in [0.25, 0.3) is 0 Å². The van der Waals surface area contributed by atoms with Gasteiger partial charge in [-0.1, -0.05) is 287 Å². The highest BCUT2D eigenvalue weighted by Crippen LogP contribution is 2.45. The molecule has 16 rings (SSSR count). The fraction of sp³-hybridized carbons (Fsp3) is 0.560. The Labute approximate surface area is 829 Å². The zero-order valence-electron chi connectivity index (χ0n) is 84.5. The Balaban J connectivity index is 0.000000160. The lowest BCUT2D eigenvalue weighted by molar-refractivity contribution is -0.176. The van der Waals surface area contributed by atoms with Crippen LogP contribution < -0.4 is 25.3 Å². The van der Waals surface area contributed by atoms with E-state index in [0.29, 0.717) is 55.6 Å². The highest BCUT2D eigenvalue weighted by atomic mass is 16.7. The summed E-state index contributed by atoms with van der Waals surface area (Å²) in [7, 11) is 4.27. The van der Waals surface area contributed by atoms with Gasteiger partial charge < -0.3 is 83.9 Å². The van der Waals surface area contributed by atoms with Crippen molar-refractivity contribution in [1.29, 1.82) is 0 Å². The van der Waals surface area contributed by atoms with Crippen LogP contribution >= 0.6 is 0 Å². The molecule has 1 amide bonds. The van der Waals surface area contributed by atoms with Crippen molar-refractivity contribution in [2.75, 3.05) is 139 Å². The van der Waals surface area contributed by atoms with Crippen molar-refractivity contribution in [1.82, 2.24) is 29.8 Å². The first kappa shape index (κ1) is 109. The minimum absolute atomic E-state index is 0.00367. The van der Waals surface area contributed by atoms with Gasteiger partial charge in [0.2, 0.25) is 18.3 Å². The highest BCUT2D eigenvalue weighted by molar-refractivity contribution is 5.86. The second-order valence-corrected chi connectivity index (χ2v) is 39.2. The number of primary amides is 1. The largest absolute Gasteiger partial charge is 0.493 e. The first-order valence-corrected chi connectivity index (χ1v) is 51.8. The second-order valence-electron chi connectivity index (χ2n) is 39.2. The SMILES string of the molecule is CC(C)(C(N)=O)[C@@H]1CCN(CCc2ccc3c(c2)CCO3)C1.CCCOC(C(=O)OC1CCN(C)CC1)(c1ccccc1)c1ccccc1.CCN(CC)CC#CCOC(=O)C(O)(c1ccccc1)C1CCCCC1.CCNCC#CCOC(=O)C(O)(c1ccccc1)C1CCCCC1.CC[C@@H]1CCCN(CCc2ccc3c(c2)OCO3)C1.CN1C2CCC1CC(OC(=O)C(CO)c1ccccc1)C2. The Bertz CT molecular complexity index is 4920. The number of carbonyl (C=O) groups excluding carboxylic acids is 5. The number of nitrogens with two attached hydrogens (primary N) is 1. The molecule has 0 aromatic heterocycles. The number of rotatable bonds is 33. The molecule has 0 radical (unpaired) electrons. The van der Waals surface area contributed by atoms with Crippen molar-refractivity contribution in [3.8, 4) is 40.9 Å². The van der Waals surface area contributed by atoms with Gasteiger partial charge in [0, 0.05) is 81.6 Å². The number of benzene rings is 7. The van der Waals surface area contributed by atoms with E-state index in [9.17, 15) is 39.3 Å². The molecular formula is C116H159N7O16. The number of hydrogen-bond donors (Lipinski definition) is 5. The Morgan fingerprint density at radius 1 is 0.525 bits per heavy atom. The molecule has 9 aliphatic rings. The summed E-state index contributed by atoms with van der Waals surface area (Å²) in [4.78, 5) is 75.0. The van der Waals surface area contributed by atoms with Crippen LogP contribution in [0.4, 0.5) is 0 Å². The van der Waals surface area contributed by atoms with E-state index in [4.69, 9.17) is 43.6 Å². The first-order valence-electron chi connectivity index (χ1n) is 51.8. The molecule has 139 heavy (non-hydrogen) atoms. The van der Waals surface area contributed by atoms with E-state index >= 15 is 0 Å². The van der Waals surface area contributed by atoms with Gasteiger partial charge in [-0.15, -0.1) is 0 Å². The molecule has 23 heteroatoms. The first-order chi connectivity index (χ1) is 67.5. The predicted molar refractivity (Wildman–Crippen MR) is 547 cm³/mol. The van der Waals surface area contributed by atoms with Crippen LogP contribution in [-0.2, 0) is 83.7 Å². The molecule has 6 N–H and O–H groups in total. The average Bonchev–Trinajstić information content (AvgIpc) is 1.78. The molecule has 7 fully saturated rings. The number of hydrogen-bond acceptors (Lipinski definition) is 22. The van der Waals surface area contributed by atoms with Gasteiger partial charge in [-0.05, 0) is 224 Å². The number of fused-ring (bicyclic) bond motifs is 4. The Morgan fingerprint density at radius 2 is 1.04 bits per heavy atom. The van der Waals surface area contributed by atoms with E-state index in [1.807, 2.05) is 173 Å². The second kappa shape index (κ2) is 56.6. The van der Waals surface area contributed by atoms with E-state index in [0.717, 1.165) is 227 Å². The molecule has 23 nitrogen and oxygen atoms in total. The smallest absolute Gasteiger partial charge is 0.348 e. The number of nitrogens with one attached hydrogen (secondary N) is 1. The summed E-state index contributed by atoms with van der Waals surface area (Å²) in [5, 5.41) is 35.3. The van der Waals surface area contributed by atoms with Crippen LogP contribution in [0.2, 0.25) is 0 Å². The third-order valence-electron chi connectivity index (χ3n) is 29.8. The third-order valence-corrected chi connectivity index (χ3v) is 29.8. The zero-order chi connectivity index (χ0) is 98.8. The molecule has 0 spiro atoms. The normalized spacial score (nSPS) is 20.5. The number of nitrogens with zero attached hydrogens (tertiary/aromatic N) is 5. The van der Waals surface area contributed by atoms with E-state index in [1.54, 1.807) is 12.1 Å². The van der Waals surface area contributed by atoms with E-state index in [-0.39, 0.29) is 61.7 Å². The molecule has 5 saturated heterocycles. The van der Waals surface area contributed by atoms with Gasteiger partial charge in [-0.2, -0.15) is 0 Å². The molecular weight excluding hydrogens is 1750 g/mol. The number of likely N-dealkylation sites (tertiary alicyclic amines) is 3. The molecule has 754 valence electrons. The average molecular weight is 1910 g/mol. The maximum atomic E-state index is 13.6. The van der Waals surface area contributed by atoms with E-state index in [2.05, 4.69) is 119 Å². The highest BCUT2D eigenvalue weighted by Gasteiger charge is 2.50. The van der Waals surface area contributed by atoms with E-state index in [1.165, 1.54) is 61.9 Å². The predicted octanol–water partition coefficient (Wildman–Crippen LogP) is 17.0. The Kier molecular flexibility index (Phi) is 44.5. The van der Waals surface area contributed by atoms with Crippen molar-refractivity contribution in [3.05, 3.63) is 233 Å². The fourth-order valence-electron chi connectivity index (χ4n) is 20.7. The summed E-state index contributed by atoms with van der Waals surface area (Å²) in [6, 6.07) is 61.1. The lowest BCUT2D eigenvalue weighted by Crippen LogP contribution is -2.45. The summed E-state index contributed by atoms with van der Waals surface area (Å²) < 4.78 is 45.0. The van der Waals surface area contributed by atoms with Crippen LogP contribution in [-0.4, -0.2) is 233 Å². The molecule has 7 aromatic rings. The van der Waals surface area contributed by atoms with Gasteiger partial charge in [-0.3, -0.25) is 14.5 Å². The van der Waals surface area contributed by atoms with Crippen LogP contribution in [0.15, 0.2) is 188 Å². The fourth-order valence-corrected chi connectivity index (χ4v) is 20.7. The number of carbonyl (C=O) groups is 5. The van der Waals surface area contributed by atoms with Gasteiger partial charge in [0.1, 0.15) is 23.9 Å². The lowest BCUT2D eigenvalue weighted by Gasteiger charge is -2.36. The number of esters is 4. The van der Waals surface area contributed by atoms with Crippen molar-refractivity contribution in [2.24, 2.45) is 34.8 Å². The maximum absolute atomic E-state index is 13.6. The minimum Gasteiger partial charge on any atom is -0.493 e. The van der Waals surface area contributed by atoms with Crippen molar-refractivity contribution < 1.29 is 77.2 Å². The molecule has 2 bridgehead atoms. The van der Waals surface area contributed by atoms with Gasteiger partial charge in [0.05, 0.1) is 26.3 Å². The Morgan fingerprint density at radius 3 is 1.57 bits per heavy atom. The van der Waals surface area contributed by atoms with E-state index < -0.39 is 40.1 Å². The van der Waals surface area contributed by atoms with Gasteiger partial charge in [0.15, 0.2) is 35.9 Å². The maximum Gasteiger partial charge on any atom is 0.348 e. The molecule has 5 unspecified atom stereocenters. The molecule has 7 heterocycles. The van der Waals surface area contributed by atoms with Crippen LogP contribution in [0.5, 0.6) is 17.2 Å². The quantitative estimate of drug-likeness (QED) is 0.0111. The number of amides is 1. The van der Waals surface area contributed by atoms with Crippen molar-refractivity contribution in [2.45, 2.75) is 250 Å². The molecule has 2 aliphatic carbocycles. The minimum atomic E-state index is -1.58. The Hall–Kier alpha value is -9.99. The molecule has 7 atom stereocenters. The number of aliphatic hydroxyl groups is 3. The lowest BCUT2D eigenvalue weighted by atomic mass is 9.73. The summed E-state index contributed by atoms with van der Waals surface area (Å²) in [5.41, 5.74) is 8.48. The standard InChI is InChI=1S/C23H29NO3.C22H31NO3.C20H27NO3.C18H26N2O2.C17H23NO3.C16H23NO2/c1-3-18-26-23(19-10-6-4-7-11-19,20-12-8-5-9-13-20)22(25)27-21-14-16-24(2)17-15-21;1-3-23(4-2)17-11-12-18-26-21(24)22(25,19-13-7-5-8-14-19)20-15-9-6-10-16-20;1-2-21-15-9-10-16-24-19(22)20(23,17-11-5-3-6-12-17)18-13-7-4-8-14-18;1-18(2,17(19)21)15-6-9-20(12-15)8-5-13-3-4-16-14(11-13)7-10-22-16;1-18-13-7-8-14(18)10-15(9-13)21-17(20)16(11-19)12-5-3-2-4-6-12;1-2-13-4-3-8-17(11-13)9-7-14-5-6-15-16(10-14)19-12-18-15/h4-13,21H,3,14-18H2,1-2H3;5,7-8,13-14,20,25H,3-4,6,9-10,15-18H2,1-2H3;3,5-6,11-12,18,21,23H,2,4,7-8,13-16H2,1H3;3-4,11,15H,5-10,12H2,1-2H3,(H2,19,21);2-6,13-16,19H,7-11H2,1H3;5-6,10,13H,2-4,7-9,11-12H2,1H3/t;;;15-;;13-/m...1.1/s1. The summed E-state index contributed by atoms with van der Waals surface area (Å²) in [5.74, 6) is 13.0. The van der Waals surface area contributed by atoms with Crippen LogP contribution in [0.25, 0.3) is 0 Å². The van der Waals surface area contributed by atoms with Crippen LogP contribution in [0.1, 0.15) is 234 Å². The third kappa shape index (κ3) is 31.3. The number of aliphatic hydroxyl groups excluding tert-OH is 1. The zero-order valence-corrected chi connectivity index (χ0v) is 84.5. The monoisotopic (exact) mass is 1910 g/mol. The molecule has 7 aliphatic heterocycles. The summed E-state index contributed by atoms with van der Waals surface area (Å²) in [6.45, 7) is 28.6. The summed E-state index contributed by atoms with van der Waals surface area (Å²) in [6.07, 6.45) is 24.9. The topological polar surface area (TPSA) is 274 Å². The van der Waals surface area contributed by atoms with Crippen LogP contribution in [0.3, 0.4) is 0 Å². The molecule has 7 aromatic carbocycles. The van der Waals surface area contributed by atoms with Crippen LogP contribution in [0, 0.1) is 52.8 Å². The van der Waals surface area contributed by atoms with Gasteiger partial charge >= 0.3 is 23.9 Å². The summed E-state index contributed by atoms with van der Waals surface area (Å²) >= 11 is 0. The van der Waals surface area contributed by atoms with Crippen molar-refractivity contribution >= 4 is 29.8 Å². The number of ether oxygens (including phenoxy) is 8. The van der Waals surface area contributed by atoms with Gasteiger partial charge in [-0.25, -0.2) is 14.4 Å². The number of piperidine rings is 3. The molecule has 2 saturated carbocycles.